The number of carbonyl (C=O) groups excluding carboxylic acids is 1. The second-order valence-electron chi connectivity index (χ2n) is 12.7. The number of hydrogen-bond donors (Lipinski definition) is 1. The number of ether oxygens (including phenoxy) is 1. The molecule has 3 heteroatoms. The number of aliphatic hydroxyl groups is 1. The van der Waals surface area contributed by atoms with Gasteiger partial charge in [-0.15, -0.1) is 0 Å². The van der Waals surface area contributed by atoms with Crippen LogP contribution < -0.4 is 0 Å². The van der Waals surface area contributed by atoms with E-state index in [1.807, 2.05) is 13.8 Å². The lowest BCUT2D eigenvalue weighted by atomic mass is 9.95. The molecule has 0 aliphatic rings. The maximum atomic E-state index is 11.3. The number of esters is 1. The van der Waals surface area contributed by atoms with Gasteiger partial charge in [0, 0.05) is 13.0 Å². The number of unbranched alkanes of at least 4 members (excludes halogenated alkanes) is 22. The zero-order valence-electron chi connectivity index (χ0n) is 28.4. The summed E-state index contributed by atoms with van der Waals surface area (Å²) in [4.78, 5) is 11.3. The minimum absolute atomic E-state index is 0.0280. The van der Waals surface area contributed by atoms with E-state index in [0.29, 0.717) is 18.9 Å². The molecule has 0 rings (SSSR count). The number of aliphatic hydroxyl groups excluding tert-OH is 1. The average molecular weight is 569 g/mol. The maximum absolute atomic E-state index is 11.3. The van der Waals surface area contributed by atoms with Crippen molar-refractivity contribution in [3.8, 4) is 0 Å². The summed E-state index contributed by atoms with van der Waals surface area (Å²) in [5.41, 5.74) is 0. The molecule has 0 aromatic heterocycles. The third kappa shape index (κ3) is 37.4. The summed E-state index contributed by atoms with van der Waals surface area (Å²) in [6.45, 7) is 11.0. The highest BCUT2D eigenvalue weighted by Crippen LogP contribution is 2.19. The topological polar surface area (TPSA) is 46.5 Å². The van der Waals surface area contributed by atoms with Crippen LogP contribution in [0.1, 0.15) is 214 Å². The Morgan fingerprint density at radius 1 is 0.500 bits per heavy atom. The van der Waals surface area contributed by atoms with E-state index in [2.05, 4.69) is 20.8 Å². The largest absolute Gasteiger partial charge is 0.463 e. The monoisotopic (exact) mass is 569 g/mol. The second-order valence-corrected chi connectivity index (χ2v) is 12.7. The molecule has 0 radical (unpaired) electrons. The number of hydrogen-bond acceptors (Lipinski definition) is 3. The molecule has 242 valence electrons. The molecule has 40 heavy (non-hydrogen) atoms. The second kappa shape index (κ2) is 36.5. The highest BCUT2D eigenvalue weighted by molar-refractivity contribution is 5.69. The Kier molecular flexibility index (Phi) is 37.9. The first kappa shape index (κ1) is 41.6. The standard InChI is InChI=1S/C20H42O.C17H34O2/c1-3-5-7-9-11-12-14-16-18-20(19-21)17-15-13-10-8-6-4-2;1-4-5-6-7-8-9-10-11-12-13-14-15-17(18)19-16(2)3/h20-21H,3-19H2,1-2H3;16H,4-15H2,1-3H3. The Morgan fingerprint density at radius 3 is 1.10 bits per heavy atom. The number of carbonyl (C=O) groups is 1. The fraction of sp³-hybridized carbons (Fsp3) is 0.973. The van der Waals surface area contributed by atoms with Gasteiger partial charge in [0.15, 0.2) is 0 Å². The van der Waals surface area contributed by atoms with Gasteiger partial charge in [-0.3, -0.25) is 4.79 Å². The van der Waals surface area contributed by atoms with Gasteiger partial charge in [0.2, 0.25) is 0 Å². The van der Waals surface area contributed by atoms with Gasteiger partial charge in [0.05, 0.1) is 6.10 Å². The average Bonchev–Trinajstić information content (AvgIpc) is 2.93. The highest BCUT2D eigenvalue weighted by Gasteiger charge is 2.07. The van der Waals surface area contributed by atoms with Crippen molar-refractivity contribution in [2.75, 3.05) is 6.61 Å². The van der Waals surface area contributed by atoms with E-state index in [-0.39, 0.29) is 12.1 Å². The predicted molar refractivity (Wildman–Crippen MR) is 178 cm³/mol. The molecule has 1 unspecified atom stereocenters. The quantitative estimate of drug-likeness (QED) is 0.0692. The predicted octanol–water partition coefficient (Wildman–Crippen LogP) is 12.5. The van der Waals surface area contributed by atoms with Crippen LogP contribution in [-0.2, 0) is 9.53 Å². The van der Waals surface area contributed by atoms with Crippen molar-refractivity contribution in [1.29, 1.82) is 0 Å². The van der Waals surface area contributed by atoms with Gasteiger partial charge in [-0.25, -0.2) is 0 Å². The third-order valence-electron chi connectivity index (χ3n) is 8.04. The Hall–Kier alpha value is -0.570. The molecule has 0 aliphatic heterocycles. The van der Waals surface area contributed by atoms with Crippen LogP contribution in [0.5, 0.6) is 0 Å². The van der Waals surface area contributed by atoms with Crippen molar-refractivity contribution in [2.45, 2.75) is 221 Å². The first-order valence-corrected chi connectivity index (χ1v) is 18.3. The summed E-state index contributed by atoms with van der Waals surface area (Å²) < 4.78 is 5.10. The molecule has 0 amide bonds. The molecule has 0 heterocycles. The van der Waals surface area contributed by atoms with Gasteiger partial charge in [-0.1, -0.05) is 175 Å². The third-order valence-corrected chi connectivity index (χ3v) is 8.04. The molecule has 0 aliphatic carbocycles. The van der Waals surface area contributed by atoms with E-state index >= 15 is 0 Å². The summed E-state index contributed by atoms with van der Waals surface area (Å²) in [7, 11) is 0. The van der Waals surface area contributed by atoms with E-state index in [4.69, 9.17) is 4.74 Å². The van der Waals surface area contributed by atoms with Crippen molar-refractivity contribution < 1.29 is 14.6 Å². The molecule has 0 bridgehead atoms. The molecule has 0 fully saturated rings. The van der Waals surface area contributed by atoms with Crippen LogP contribution in [-0.4, -0.2) is 23.8 Å². The molecule has 0 spiro atoms. The zero-order valence-corrected chi connectivity index (χ0v) is 28.4. The van der Waals surface area contributed by atoms with E-state index in [9.17, 15) is 9.90 Å². The first-order valence-electron chi connectivity index (χ1n) is 18.3. The molecule has 0 saturated carbocycles. The smallest absolute Gasteiger partial charge is 0.306 e. The SMILES string of the molecule is CCCCCCCCCCC(CO)CCCCCCCC.CCCCCCCCCCCCCC(=O)OC(C)C. The van der Waals surface area contributed by atoms with Gasteiger partial charge < -0.3 is 9.84 Å². The molecular weight excluding hydrogens is 492 g/mol. The zero-order chi connectivity index (χ0) is 29.9. The minimum Gasteiger partial charge on any atom is -0.463 e. The van der Waals surface area contributed by atoms with Gasteiger partial charge in [0.1, 0.15) is 0 Å². The van der Waals surface area contributed by atoms with E-state index in [1.54, 1.807) is 0 Å². The van der Waals surface area contributed by atoms with Crippen LogP contribution in [0.25, 0.3) is 0 Å². The van der Waals surface area contributed by atoms with E-state index < -0.39 is 0 Å². The molecule has 0 aromatic rings. The summed E-state index contributed by atoms with van der Waals surface area (Å²) >= 11 is 0. The van der Waals surface area contributed by atoms with Crippen molar-refractivity contribution in [2.24, 2.45) is 5.92 Å². The van der Waals surface area contributed by atoms with Crippen molar-refractivity contribution in [3.05, 3.63) is 0 Å². The lowest BCUT2D eigenvalue weighted by Gasteiger charge is -2.13. The highest BCUT2D eigenvalue weighted by atomic mass is 16.5. The van der Waals surface area contributed by atoms with Gasteiger partial charge >= 0.3 is 5.97 Å². The van der Waals surface area contributed by atoms with Crippen molar-refractivity contribution >= 4 is 5.97 Å². The van der Waals surface area contributed by atoms with Crippen molar-refractivity contribution in [1.82, 2.24) is 0 Å². The van der Waals surface area contributed by atoms with Crippen LogP contribution in [0, 0.1) is 5.92 Å². The lowest BCUT2D eigenvalue weighted by molar-refractivity contribution is -0.147. The normalized spacial score (nSPS) is 11.9. The first-order chi connectivity index (χ1) is 19.5. The molecule has 1 atom stereocenters. The lowest BCUT2D eigenvalue weighted by Crippen LogP contribution is -2.10. The summed E-state index contributed by atoms with van der Waals surface area (Å²) in [6.07, 6.45) is 36.9. The van der Waals surface area contributed by atoms with Gasteiger partial charge in [-0.05, 0) is 39.0 Å². The summed E-state index contributed by atoms with van der Waals surface area (Å²) in [5, 5.41) is 9.47. The Morgan fingerprint density at radius 2 is 0.800 bits per heavy atom. The van der Waals surface area contributed by atoms with E-state index in [0.717, 1.165) is 6.42 Å². The van der Waals surface area contributed by atoms with Crippen LogP contribution in [0.4, 0.5) is 0 Å². The van der Waals surface area contributed by atoms with Gasteiger partial charge in [0.25, 0.3) is 0 Å². The number of rotatable bonds is 30. The Balaban J connectivity index is 0. The minimum atomic E-state index is -0.0362. The summed E-state index contributed by atoms with van der Waals surface area (Å²) in [5.74, 6) is 0.544. The van der Waals surface area contributed by atoms with Crippen LogP contribution in [0.15, 0.2) is 0 Å². The summed E-state index contributed by atoms with van der Waals surface area (Å²) in [6, 6.07) is 0. The van der Waals surface area contributed by atoms with Crippen molar-refractivity contribution in [3.63, 3.8) is 0 Å². The fourth-order valence-corrected chi connectivity index (χ4v) is 5.36. The van der Waals surface area contributed by atoms with Crippen LogP contribution in [0.2, 0.25) is 0 Å². The van der Waals surface area contributed by atoms with Crippen LogP contribution >= 0.6 is 0 Å². The maximum Gasteiger partial charge on any atom is 0.306 e. The van der Waals surface area contributed by atoms with Gasteiger partial charge in [-0.2, -0.15) is 0 Å². The molecular formula is C37H76O3. The molecule has 3 nitrogen and oxygen atoms in total. The van der Waals surface area contributed by atoms with E-state index in [1.165, 1.54) is 167 Å². The molecule has 0 saturated heterocycles. The molecule has 0 aromatic carbocycles. The van der Waals surface area contributed by atoms with Crippen LogP contribution in [0.3, 0.4) is 0 Å². The Labute approximate surface area is 253 Å². The molecule has 1 N–H and O–H groups in total. The fourth-order valence-electron chi connectivity index (χ4n) is 5.36. The Bertz CT molecular complexity index is 462.